The number of aryl methyl sites for hydroxylation is 2. The number of carbonyl (C=O) groups is 2. The zero-order valence-electron chi connectivity index (χ0n) is 17.9. The maximum atomic E-state index is 12.5. The molecule has 0 aliphatic heterocycles. The van der Waals surface area contributed by atoms with Crippen LogP contribution >= 0.6 is 0 Å². The Morgan fingerprint density at radius 1 is 1.10 bits per heavy atom. The number of ether oxygens (including phenoxy) is 1. The Bertz CT molecular complexity index is 1300. The van der Waals surface area contributed by atoms with Crippen molar-refractivity contribution in [2.75, 3.05) is 12.4 Å². The summed E-state index contributed by atoms with van der Waals surface area (Å²) in [6.45, 7) is 6.79. The highest BCUT2D eigenvalue weighted by Gasteiger charge is 2.19. The quantitative estimate of drug-likeness (QED) is 0.480. The van der Waals surface area contributed by atoms with E-state index < -0.39 is 11.8 Å². The number of fused-ring (bicyclic) bond motifs is 3. The summed E-state index contributed by atoms with van der Waals surface area (Å²) in [5.74, 6) is -1.09. The zero-order valence-corrected chi connectivity index (χ0v) is 17.9. The van der Waals surface area contributed by atoms with Crippen molar-refractivity contribution in [1.29, 1.82) is 0 Å². The number of aromatic nitrogens is 2. The van der Waals surface area contributed by atoms with Crippen LogP contribution in [0.2, 0.25) is 0 Å². The van der Waals surface area contributed by atoms with Crippen molar-refractivity contribution < 1.29 is 18.7 Å². The summed E-state index contributed by atoms with van der Waals surface area (Å²) in [5, 5.41) is 11.5. The van der Waals surface area contributed by atoms with Crippen LogP contribution in [0.3, 0.4) is 0 Å². The molecule has 0 atom stereocenters. The van der Waals surface area contributed by atoms with Gasteiger partial charge in [-0.1, -0.05) is 18.2 Å². The summed E-state index contributed by atoms with van der Waals surface area (Å²) in [5.41, 5.74) is 4.40. The standard InChI is InChI=1S/C23H24N4O4/c1-5-27-14(3)17(13(2)26-27)12-24-22(28)23(29)25-18-11-20-16(10-21(18)30-4)15-8-6-7-9-19(15)31-20/h6-11H,5,12H2,1-4H3,(H,24,28)(H,25,29). The van der Waals surface area contributed by atoms with Gasteiger partial charge in [-0.2, -0.15) is 5.10 Å². The topological polar surface area (TPSA) is 98.4 Å². The molecule has 4 rings (SSSR count). The summed E-state index contributed by atoms with van der Waals surface area (Å²) in [4.78, 5) is 24.9. The van der Waals surface area contributed by atoms with Gasteiger partial charge in [0.25, 0.3) is 0 Å². The van der Waals surface area contributed by atoms with Gasteiger partial charge in [0, 0.05) is 41.2 Å². The van der Waals surface area contributed by atoms with E-state index in [9.17, 15) is 9.59 Å². The van der Waals surface area contributed by atoms with Gasteiger partial charge in [-0.3, -0.25) is 14.3 Å². The summed E-state index contributed by atoms with van der Waals surface area (Å²) >= 11 is 0. The third-order valence-corrected chi connectivity index (χ3v) is 5.41. The Morgan fingerprint density at radius 2 is 1.87 bits per heavy atom. The van der Waals surface area contributed by atoms with Gasteiger partial charge >= 0.3 is 11.8 Å². The molecule has 0 bridgehead atoms. The third-order valence-electron chi connectivity index (χ3n) is 5.41. The van der Waals surface area contributed by atoms with E-state index in [4.69, 9.17) is 9.15 Å². The molecule has 0 spiro atoms. The number of hydrogen-bond donors (Lipinski definition) is 2. The molecule has 2 amide bonds. The lowest BCUT2D eigenvalue weighted by Gasteiger charge is -2.11. The van der Waals surface area contributed by atoms with Crippen molar-refractivity contribution in [2.45, 2.75) is 33.9 Å². The van der Waals surface area contributed by atoms with Gasteiger partial charge in [0.1, 0.15) is 16.9 Å². The Morgan fingerprint density at radius 3 is 2.58 bits per heavy atom. The van der Waals surface area contributed by atoms with Crippen LogP contribution in [0, 0.1) is 13.8 Å². The van der Waals surface area contributed by atoms with Gasteiger partial charge in [-0.15, -0.1) is 0 Å². The fraction of sp³-hybridized carbons (Fsp3) is 0.261. The Kier molecular flexibility index (Phi) is 5.37. The predicted molar refractivity (Wildman–Crippen MR) is 118 cm³/mol. The van der Waals surface area contributed by atoms with Crippen LogP contribution in [0.1, 0.15) is 23.9 Å². The average molecular weight is 420 g/mol. The highest BCUT2D eigenvalue weighted by Crippen LogP contribution is 2.36. The molecule has 8 nitrogen and oxygen atoms in total. The minimum atomic E-state index is -0.785. The molecule has 0 saturated heterocycles. The smallest absolute Gasteiger partial charge is 0.313 e. The largest absolute Gasteiger partial charge is 0.495 e. The molecule has 0 aliphatic carbocycles. The number of hydrogen-bond acceptors (Lipinski definition) is 5. The third kappa shape index (κ3) is 3.72. The molecule has 0 aliphatic rings. The number of para-hydroxylation sites is 1. The molecule has 0 saturated carbocycles. The molecular weight excluding hydrogens is 396 g/mol. The molecule has 2 aromatic heterocycles. The van der Waals surface area contributed by atoms with Crippen LogP contribution in [-0.4, -0.2) is 28.7 Å². The molecule has 2 aromatic carbocycles. The normalized spacial score (nSPS) is 11.1. The highest BCUT2D eigenvalue weighted by molar-refractivity contribution is 6.39. The van der Waals surface area contributed by atoms with Crippen molar-refractivity contribution in [3.8, 4) is 5.75 Å². The SMILES string of the molecule is CCn1nc(C)c(CNC(=O)C(=O)Nc2cc3oc4ccccc4c3cc2OC)c1C. The molecule has 0 radical (unpaired) electrons. The van der Waals surface area contributed by atoms with E-state index in [2.05, 4.69) is 15.7 Å². The summed E-state index contributed by atoms with van der Waals surface area (Å²) in [6, 6.07) is 11.1. The van der Waals surface area contributed by atoms with Crippen LogP contribution in [0.15, 0.2) is 40.8 Å². The molecule has 31 heavy (non-hydrogen) atoms. The van der Waals surface area contributed by atoms with Gasteiger partial charge in [0.05, 0.1) is 18.5 Å². The first kappa shape index (κ1) is 20.5. The van der Waals surface area contributed by atoms with Crippen LogP contribution in [-0.2, 0) is 22.7 Å². The lowest BCUT2D eigenvalue weighted by Crippen LogP contribution is -2.35. The minimum Gasteiger partial charge on any atom is -0.495 e. The second kappa shape index (κ2) is 8.14. The van der Waals surface area contributed by atoms with E-state index in [1.165, 1.54) is 7.11 Å². The zero-order chi connectivity index (χ0) is 22.1. The number of furan rings is 1. The number of nitrogens with zero attached hydrogens (tertiary/aromatic N) is 2. The molecular formula is C23H24N4O4. The molecule has 0 fully saturated rings. The molecule has 4 aromatic rings. The Balaban J connectivity index is 1.53. The number of amides is 2. The number of nitrogens with one attached hydrogen (secondary N) is 2. The molecule has 8 heteroatoms. The van der Waals surface area contributed by atoms with Crippen LogP contribution < -0.4 is 15.4 Å². The highest BCUT2D eigenvalue weighted by atomic mass is 16.5. The van der Waals surface area contributed by atoms with Gasteiger partial charge in [0.15, 0.2) is 0 Å². The van der Waals surface area contributed by atoms with Crippen LogP contribution in [0.25, 0.3) is 21.9 Å². The molecule has 2 heterocycles. The fourth-order valence-corrected chi connectivity index (χ4v) is 3.74. The van der Waals surface area contributed by atoms with Crippen molar-refractivity contribution in [3.05, 3.63) is 53.3 Å². The molecule has 2 N–H and O–H groups in total. The monoisotopic (exact) mass is 420 g/mol. The lowest BCUT2D eigenvalue weighted by atomic mass is 10.1. The van der Waals surface area contributed by atoms with Gasteiger partial charge in [-0.25, -0.2) is 0 Å². The summed E-state index contributed by atoms with van der Waals surface area (Å²) in [7, 11) is 1.51. The lowest BCUT2D eigenvalue weighted by molar-refractivity contribution is -0.136. The van der Waals surface area contributed by atoms with Crippen molar-refractivity contribution in [3.63, 3.8) is 0 Å². The van der Waals surface area contributed by atoms with Gasteiger partial charge in [0.2, 0.25) is 0 Å². The average Bonchev–Trinajstić information content (AvgIpc) is 3.26. The van der Waals surface area contributed by atoms with Crippen LogP contribution in [0.5, 0.6) is 5.75 Å². The fourth-order valence-electron chi connectivity index (χ4n) is 3.74. The number of carbonyl (C=O) groups excluding carboxylic acids is 2. The number of anilines is 1. The van der Waals surface area contributed by atoms with Gasteiger partial charge in [-0.05, 0) is 32.9 Å². The van der Waals surface area contributed by atoms with Crippen molar-refractivity contribution >= 4 is 39.4 Å². The molecule has 0 unspecified atom stereocenters. The Labute approximate surface area is 179 Å². The summed E-state index contributed by atoms with van der Waals surface area (Å²) in [6.07, 6.45) is 0. The van der Waals surface area contributed by atoms with E-state index in [-0.39, 0.29) is 6.54 Å². The number of methoxy groups -OCH3 is 1. The predicted octanol–water partition coefficient (Wildman–Crippen LogP) is 3.68. The van der Waals surface area contributed by atoms with Crippen molar-refractivity contribution in [1.82, 2.24) is 15.1 Å². The first-order valence-electron chi connectivity index (χ1n) is 10.0. The maximum Gasteiger partial charge on any atom is 0.313 e. The van der Waals surface area contributed by atoms with E-state index in [0.29, 0.717) is 17.0 Å². The minimum absolute atomic E-state index is 0.226. The van der Waals surface area contributed by atoms with E-state index in [0.717, 1.165) is 39.9 Å². The summed E-state index contributed by atoms with van der Waals surface area (Å²) < 4.78 is 13.2. The second-order valence-corrected chi connectivity index (χ2v) is 7.25. The Hall–Kier alpha value is -3.81. The van der Waals surface area contributed by atoms with Crippen LogP contribution in [0.4, 0.5) is 5.69 Å². The van der Waals surface area contributed by atoms with E-state index in [1.54, 1.807) is 12.1 Å². The van der Waals surface area contributed by atoms with E-state index >= 15 is 0 Å². The maximum absolute atomic E-state index is 12.5. The van der Waals surface area contributed by atoms with E-state index in [1.807, 2.05) is 49.7 Å². The first-order valence-corrected chi connectivity index (χ1v) is 10.0. The first-order chi connectivity index (χ1) is 14.9. The number of benzene rings is 2. The number of rotatable bonds is 5. The second-order valence-electron chi connectivity index (χ2n) is 7.25. The van der Waals surface area contributed by atoms with Crippen molar-refractivity contribution in [2.24, 2.45) is 0 Å². The molecule has 160 valence electrons. The van der Waals surface area contributed by atoms with Gasteiger partial charge < -0.3 is 19.8 Å².